The van der Waals surface area contributed by atoms with Crippen LogP contribution >= 0.6 is 11.8 Å². The SMILES string of the molecule is CC(C)NCC(N)c1ccc(SC(C)C)cc1. The summed E-state index contributed by atoms with van der Waals surface area (Å²) in [7, 11) is 0. The van der Waals surface area contributed by atoms with Crippen LogP contribution in [0, 0.1) is 0 Å². The molecule has 0 saturated heterocycles. The zero-order chi connectivity index (χ0) is 12.8. The molecule has 1 aromatic rings. The number of benzene rings is 1. The summed E-state index contributed by atoms with van der Waals surface area (Å²) >= 11 is 1.88. The van der Waals surface area contributed by atoms with Crippen molar-refractivity contribution in [2.75, 3.05) is 6.54 Å². The molecule has 1 unspecified atom stereocenters. The van der Waals surface area contributed by atoms with Crippen LogP contribution in [0.4, 0.5) is 0 Å². The maximum atomic E-state index is 6.13. The van der Waals surface area contributed by atoms with Gasteiger partial charge in [-0.2, -0.15) is 0 Å². The molecule has 0 spiro atoms. The van der Waals surface area contributed by atoms with E-state index in [1.54, 1.807) is 0 Å². The fourth-order valence-corrected chi connectivity index (χ4v) is 2.38. The number of rotatable bonds is 6. The summed E-state index contributed by atoms with van der Waals surface area (Å²) in [6.45, 7) is 9.51. The highest BCUT2D eigenvalue weighted by Crippen LogP contribution is 2.24. The normalized spacial score (nSPS) is 13.4. The third kappa shape index (κ3) is 5.57. The van der Waals surface area contributed by atoms with Gasteiger partial charge < -0.3 is 11.1 Å². The lowest BCUT2D eigenvalue weighted by atomic mass is 10.1. The highest BCUT2D eigenvalue weighted by molar-refractivity contribution is 7.99. The summed E-state index contributed by atoms with van der Waals surface area (Å²) in [5.74, 6) is 0. The van der Waals surface area contributed by atoms with Crippen LogP contribution in [0.25, 0.3) is 0 Å². The zero-order valence-corrected chi connectivity index (χ0v) is 12.1. The first-order chi connectivity index (χ1) is 7.99. The van der Waals surface area contributed by atoms with Crippen molar-refractivity contribution < 1.29 is 0 Å². The minimum atomic E-state index is 0.0792. The van der Waals surface area contributed by atoms with Crippen molar-refractivity contribution in [3.8, 4) is 0 Å². The Bertz CT molecular complexity index is 319. The second kappa shape index (κ2) is 7.04. The molecule has 2 nitrogen and oxygen atoms in total. The Balaban J connectivity index is 2.54. The van der Waals surface area contributed by atoms with E-state index in [0.29, 0.717) is 11.3 Å². The van der Waals surface area contributed by atoms with Crippen LogP contribution in [0.2, 0.25) is 0 Å². The standard InChI is InChI=1S/C14H24N2S/c1-10(2)16-9-14(15)12-5-7-13(8-6-12)17-11(3)4/h5-8,10-11,14,16H,9,15H2,1-4H3. The molecule has 3 heteroatoms. The van der Waals surface area contributed by atoms with Crippen molar-refractivity contribution in [2.45, 2.75) is 49.9 Å². The van der Waals surface area contributed by atoms with Crippen LogP contribution in [-0.4, -0.2) is 17.8 Å². The lowest BCUT2D eigenvalue weighted by Gasteiger charge is -2.15. The van der Waals surface area contributed by atoms with Gasteiger partial charge in [-0.05, 0) is 17.7 Å². The summed E-state index contributed by atoms with van der Waals surface area (Å²) < 4.78 is 0. The monoisotopic (exact) mass is 252 g/mol. The van der Waals surface area contributed by atoms with Gasteiger partial charge in [-0.15, -0.1) is 11.8 Å². The average Bonchev–Trinajstić information content (AvgIpc) is 2.26. The van der Waals surface area contributed by atoms with Crippen molar-refractivity contribution in [2.24, 2.45) is 5.73 Å². The van der Waals surface area contributed by atoms with Gasteiger partial charge in [0.25, 0.3) is 0 Å². The topological polar surface area (TPSA) is 38.0 Å². The highest BCUT2D eigenvalue weighted by atomic mass is 32.2. The van der Waals surface area contributed by atoms with Gasteiger partial charge in [0.1, 0.15) is 0 Å². The minimum Gasteiger partial charge on any atom is -0.323 e. The number of nitrogens with two attached hydrogens (primary N) is 1. The first-order valence-corrected chi connectivity index (χ1v) is 7.12. The van der Waals surface area contributed by atoms with Crippen molar-refractivity contribution >= 4 is 11.8 Å². The molecule has 17 heavy (non-hydrogen) atoms. The Hall–Kier alpha value is -0.510. The van der Waals surface area contributed by atoms with Crippen LogP contribution < -0.4 is 11.1 Å². The van der Waals surface area contributed by atoms with Gasteiger partial charge in [0.05, 0.1) is 0 Å². The maximum Gasteiger partial charge on any atom is 0.0421 e. The second-order valence-corrected chi connectivity index (χ2v) is 6.55. The Morgan fingerprint density at radius 2 is 1.71 bits per heavy atom. The molecular formula is C14H24N2S. The molecule has 0 heterocycles. The maximum absolute atomic E-state index is 6.13. The van der Waals surface area contributed by atoms with E-state index in [4.69, 9.17) is 5.73 Å². The third-order valence-electron chi connectivity index (χ3n) is 2.43. The third-order valence-corrected chi connectivity index (χ3v) is 3.44. The van der Waals surface area contributed by atoms with E-state index >= 15 is 0 Å². The fraction of sp³-hybridized carbons (Fsp3) is 0.571. The molecule has 0 aliphatic rings. The lowest BCUT2D eigenvalue weighted by Crippen LogP contribution is -2.31. The molecular weight excluding hydrogens is 228 g/mol. The van der Waals surface area contributed by atoms with Crippen molar-refractivity contribution in [3.63, 3.8) is 0 Å². The first-order valence-electron chi connectivity index (χ1n) is 6.24. The molecule has 96 valence electrons. The van der Waals surface area contributed by atoms with E-state index in [9.17, 15) is 0 Å². The van der Waals surface area contributed by atoms with E-state index < -0.39 is 0 Å². The zero-order valence-electron chi connectivity index (χ0n) is 11.2. The predicted octanol–water partition coefficient (Wildman–Crippen LogP) is 3.18. The summed E-state index contributed by atoms with van der Waals surface area (Å²) in [6, 6.07) is 9.16. The lowest BCUT2D eigenvalue weighted by molar-refractivity contribution is 0.537. The summed E-state index contributed by atoms with van der Waals surface area (Å²) in [5.41, 5.74) is 7.33. The summed E-state index contributed by atoms with van der Waals surface area (Å²) in [6.07, 6.45) is 0. The van der Waals surface area contributed by atoms with Crippen LogP contribution in [0.1, 0.15) is 39.3 Å². The number of thioether (sulfide) groups is 1. The molecule has 0 aromatic heterocycles. The van der Waals surface area contributed by atoms with Crippen molar-refractivity contribution in [3.05, 3.63) is 29.8 Å². The molecule has 0 aliphatic carbocycles. The van der Waals surface area contributed by atoms with Gasteiger partial charge in [0.15, 0.2) is 0 Å². The van der Waals surface area contributed by atoms with Gasteiger partial charge in [-0.3, -0.25) is 0 Å². The van der Waals surface area contributed by atoms with Gasteiger partial charge in [-0.1, -0.05) is 39.8 Å². The second-order valence-electron chi connectivity index (χ2n) is 4.91. The average molecular weight is 252 g/mol. The smallest absolute Gasteiger partial charge is 0.0421 e. The van der Waals surface area contributed by atoms with E-state index in [2.05, 4.69) is 57.3 Å². The van der Waals surface area contributed by atoms with Gasteiger partial charge in [0, 0.05) is 28.8 Å². The predicted molar refractivity (Wildman–Crippen MR) is 77.5 cm³/mol. The summed E-state index contributed by atoms with van der Waals surface area (Å²) in [4.78, 5) is 1.31. The van der Waals surface area contributed by atoms with Crippen molar-refractivity contribution in [1.29, 1.82) is 0 Å². The molecule has 0 saturated carbocycles. The largest absolute Gasteiger partial charge is 0.323 e. The molecule has 1 aromatic carbocycles. The van der Waals surface area contributed by atoms with Crippen molar-refractivity contribution in [1.82, 2.24) is 5.32 Å². The molecule has 1 atom stereocenters. The summed E-state index contributed by atoms with van der Waals surface area (Å²) in [5, 5.41) is 3.98. The molecule has 0 amide bonds. The van der Waals surface area contributed by atoms with Gasteiger partial charge in [-0.25, -0.2) is 0 Å². The van der Waals surface area contributed by atoms with E-state index in [1.165, 1.54) is 10.5 Å². The molecule has 1 rings (SSSR count). The van der Waals surface area contributed by atoms with E-state index in [0.717, 1.165) is 6.54 Å². The number of nitrogens with one attached hydrogen (secondary N) is 1. The van der Waals surface area contributed by atoms with Crippen LogP contribution in [0.5, 0.6) is 0 Å². The van der Waals surface area contributed by atoms with Gasteiger partial charge >= 0.3 is 0 Å². The Kier molecular flexibility index (Phi) is 6.03. The molecule has 3 N–H and O–H groups in total. The molecule has 0 fully saturated rings. The van der Waals surface area contributed by atoms with Crippen LogP contribution in [0.15, 0.2) is 29.2 Å². The van der Waals surface area contributed by atoms with E-state index in [-0.39, 0.29) is 6.04 Å². The first kappa shape index (κ1) is 14.6. The highest BCUT2D eigenvalue weighted by Gasteiger charge is 2.06. The van der Waals surface area contributed by atoms with Gasteiger partial charge in [0.2, 0.25) is 0 Å². The Morgan fingerprint density at radius 3 is 2.18 bits per heavy atom. The minimum absolute atomic E-state index is 0.0792. The Morgan fingerprint density at radius 1 is 1.12 bits per heavy atom. The van der Waals surface area contributed by atoms with Crippen LogP contribution in [0.3, 0.4) is 0 Å². The molecule has 0 bridgehead atoms. The number of hydrogen-bond donors (Lipinski definition) is 2. The molecule has 0 aliphatic heterocycles. The fourth-order valence-electron chi connectivity index (χ4n) is 1.55. The van der Waals surface area contributed by atoms with Crippen LogP contribution in [-0.2, 0) is 0 Å². The Labute approximate surface area is 109 Å². The quantitative estimate of drug-likeness (QED) is 0.764. The number of hydrogen-bond acceptors (Lipinski definition) is 3. The van der Waals surface area contributed by atoms with E-state index in [1.807, 2.05) is 11.8 Å². The molecule has 0 radical (unpaired) electrons.